The molecule has 0 unspecified atom stereocenters. The maximum atomic E-state index is 12.0. The maximum absolute atomic E-state index is 12.0. The molecular formula is C13H25N3O3. The number of carbonyl (C=O) groups excluding carboxylic acids is 1. The number of carbonyl (C=O) groups is 2. The van der Waals surface area contributed by atoms with Crippen molar-refractivity contribution in [1.82, 2.24) is 15.1 Å². The first kappa shape index (κ1) is 15.8. The number of urea groups is 1. The Balaban J connectivity index is 2.47. The third-order valence-electron chi connectivity index (χ3n) is 3.94. The van der Waals surface area contributed by atoms with E-state index in [1.807, 2.05) is 32.8 Å². The number of piperidine rings is 1. The molecule has 1 rings (SSSR count). The lowest BCUT2D eigenvalue weighted by atomic mass is 9.98. The summed E-state index contributed by atoms with van der Waals surface area (Å²) < 4.78 is 0. The second-order valence-electron chi connectivity index (χ2n) is 5.99. The molecule has 1 saturated heterocycles. The Morgan fingerprint density at radius 1 is 1.42 bits per heavy atom. The first-order valence-electron chi connectivity index (χ1n) is 6.67. The van der Waals surface area contributed by atoms with E-state index in [2.05, 4.69) is 5.32 Å². The van der Waals surface area contributed by atoms with Crippen LogP contribution in [0.4, 0.5) is 4.79 Å². The second kappa shape index (κ2) is 6.23. The highest BCUT2D eigenvalue weighted by Gasteiger charge is 2.29. The van der Waals surface area contributed by atoms with Crippen molar-refractivity contribution in [2.45, 2.75) is 32.2 Å². The van der Waals surface area contributed by atoms with Crippen molar-refractivity contribution in [2.75, 3.05) is 33.7 Å². The molecule has 2 amide bonds. The van der Waals surface area contributed by atoms with Crippen LogP contribution in [-0.2, 0) is 4.79 Å². The fourth-order valence-electron chi connectivity index (χ4n) is 1.93. The van der Waals surface area contributed by atoms with Crippen LogP contribution in [0.2, 0.25) is 0 Å². The van der Waals surface area contributed by atoms with Crippen LogP contribution in [0.3, 0.4) is 0 Å². The van der Waals surface area contributed by atoms with Crippen molar-refractivity contribution in [3.8, 4) is 0 Å². The average Bonchev–Trinajstić information content (AvgIpc) is 2.36. The zero-order valence-electron chi connectivity index (χ0n) is 12.3. The monoisotopic (exact) mass is 271 g/mol. The van der Waals surface area contributed by atoms with Gasteiger partial charge in [0.2, 0.25) is 0 Å². The number of hydrogen-bond acceptors (Lipinski definition) is 3. The van der Waals surface area contributed by atoms with Gasteiger partial charge in [0.05, 0.1) is 5.92 Å². The summed E-state index contributed by atoms with van der Waals surface area (Å²) in [5.74, 6) is -1.24. The van der Waals surface area contributed by atoms with Gasteiger partial charge in [-0.05, 0) is 40.8 Å². The molecular weight excluding hydrogens is 246 g/mol. The van der Waals surface area contributed by atoms with E-state index in [1.165, 1.54) is 0 Å². The number of amides is 2. The van der Waals surface area contributed by atoms with Crippen LogP contribution in [0.1, 0.15) is 26.7 Å². The van der Waals surface area contributed by atoms with E-state index < -0.39 is 11.9 Å². The number of carboxylic acids is 1. The Hall–Kier alpha value is -1.30. The fraction of sp³-hybridized carbons (Fsp3) is 0.846. The molecule has 1 heterocycles. The number of hydrogen-bond donors (Lipinski definition) is 2. The van der Waals surface area contributed by atoms with Crippen LogP contribution < -0.4 is 5.32 Å². The van der Waals surface area contributed by atoms with Crippen molar-refractivity contribution in [2.24, 2.45) is 5.92 Å². The van der Waals surface area contributed by atoms with Crippen molar-refractivity contribution in [3.05, 3.63) is 0 Å². The Kier molecular flexibility index (Phi) is 5.17. The smallest absolute Gasteiger partial charge is 0.317 e. The number of likely N-dealkylation sites (N-methyl/N-ethyl adjacent to an activating group) is 1. The van der Waals surface area contributed by atoms with Crippen LogP contribution in [0.15, 0.2) is 0 Å². The summed E-state index contributed by atoms with van der Waals surface area (Å²) in [6, 6.07) is -0.166. The minimum absolute atomic E-state index is 0.127. The molecule has 1 aliphatic heterocycles. The number of nitrogens with zero attached hydrogens (tertiary/aromatic N) is 2. The number of likely N-dealkylation sites (tertiary alicyclic amines) is 1. The van der Waals surface area contributed by atoms with E-state index >= 15 is 0 Å². The van der Waals surface area contributed by atoms with Gasteiger partial charge in [0.15, 0.2) is 0 Å². The van der Waals surface area contributed by atoms with Crippen LogP contribution in [0, 0.1) is 5.92 Å². The first-order valence-corrected chi connectivity index (χ1v) is 6.67. The Labute approximate surface area is 114 Å². The molecule has 1 atom stereocenters. The van der Waals surface area contributed by atoms with Crippen molar-refractivity contribution in [3.63, 3.8) is 0 Å². The van der Waals surface area contributed by atoms with Crippen LogP contribution >= 0.6 is 0 Å². The number of nitrogens with one attached hydrogen (secondary N) is 1. The second-order valence-corrected chi connectivity index (χ2v) is 5.99. The largest absolute Gasteiger partial charge is 0.481 e. The predicted octanol–water partition coefficient (Wildman–Crippen LogP) is 0.833. The lowest BCUT2D eigenvalue weighted by Gasteiger charge is -2.35. The molecule has 0 aromatic heterocycles. The zero-order chi connectivity index (χ0) is 14.6. The van der Waals surface area contributed by atoms with Crippen LogP contribution in [0.5, 0.6) is 0 Å². The quantitative estimate of drug-likeness (QED) is 0.794. The average molecular weight is 271 g/mol. The summed E-state index contributed by atoms with van der Waals surface area (Å²) in [6.45, 7) is 5.57. The summed E-state index contributed by atoms with van der Waals surface area (Å²) in [5.41, 5.74) is -0.127. The van der Waals surface area contributed by atoms with Gasteiger partial charge in [-0.15, -0.1) is 0 Å². The Bertz CT molecular complexity index is 342. The molecule has 6 heteroatoms. The topological polar surface area (TPSA) is 72.9 Å². The third kappa shape index (κ3) is 4.38. The van der Waals surface area contributed by atoms with Gasteiger partial charge in [-0.25, -0.2) is 4.79 Å². The molecule has 0 aromatic rings. The highest BCUT2D eigenvalue weighted by Crippen LogP contribution is 2.17. The molecule has 6 nitrogen and oxygen atoms in total. The van der Waals surface area contributed by atoms with E-state index in [1.54, 1.807) is 4.90 Å². The van der Waals surface area contributed by atoms with Gasteiger partial charge in [-0.3, -0.25) is 4.79 Å². The minimum atomic E-state index is -0.814. The van der Waals surface area contributed by atoms with E-state index in [0.29, 0.717) is 26.1 Å². The van der Waals surface area contributed by atoms with Crippen LogP contribution in [-0.4, -0.2) is 66.2 Å². The van der Waals surface area contributed by atoms with Gasteiger partial charge in [-0.2, -0.15) is 0 Å². The molecule has 1 aliphatic rings. The highest BCUT2D eigenvalue weighted by atomic mass is 16.4. The summed E-state index contributed by atoms with van der Waals surface area (Å²) in [5, 5.41) is 11.9. The molecule has 1 fully saturated rings. The predicted molar refractivity (Wildman–Crippen MR) is 73.1 cm³/mol. The molecule has 19 heavy (non-hydrogen) atoms. The number of carboxylic acid groups (broad SMARTS) is 1. The summed E-state index contributed by atoms with van der Waals surface area (Å²) >= 11 is 0. The van der Waals surface area contributed by atoms with Crippen molar-refractivity contribution >= 4 is 12.0 Å². The van der Waals surface area contributed by atoms with Gasteiger partial charge in [-0.1, -0.05) is 0 Å². The summed E-state index contributed by atoms with van der Waals surface area (Å²) in [4.78, 5) is 26.7. The molecule has 2 N–H and O–H groups in total. The molecule has 0 spiro atoms. The number of rotatable bonds is 4. The normalized spacial score (nSPS) is 20.5. The van der Waals surface area contributed by atoms with E-state index in [0.717, 1.165) is 6.42 Å². The molecule has 110 valence electrons. The third-order valence-corrected chi connectivity index (χ3v) is 3.94. The molecule has 0 saturated carbocycles. The molecule has 0 radical (unpaired) electrons. The Morgan fingerprint density at radius 3 is 2.58 bits per heavy atom. The number of aliphatic carboxylic acids is 1. The van der Waals surface area contributed by atoms with Gasteiger partial charge < -0.3 is 20.2 Å². The molecule has 0 aromatic carbocycles. The highest BCUT2D eigenvalue weighted by molar-refractivity contribution is 5.76. The molecule has 0 aliphatic carbocycles. The molecule has 0 bridgehead atoms. The maximum Gasteiger partial charge on any atom is 0.317 e. The summed E-state index contributed by atoms with van der Waals surface area (Å²) in [6.07, 6.45) is 1.41. The van der Waals surface area contributed by atoms with Crippen LogP contribution in [0.25, 0.3) is 0 Å². The lowest BCUT2D eigenvalue weighted by molar-refractivity contribution is -0.143. The minimum Gasteiger partial charge on any atom is -0.481 e. The Morgan fingerprint density at radius 2 is 2.05 bits per heavy atom. The van der Waals surface area contributed by atoms with Gasteiger partial charge >= 0.3 is 12.0 Å². The van der Waals surface area contributed by atoms with Crippen molar-refractivity contribution < 1.29 is 14.7 Å². The lowest BCUT2D eigenvalue weighted by Crippen LogP contribution is -2.53. The standard InChI is InChI=1S/C13H25N3O3/c1-13(2,15(3)4)9-14-12(19)16-7-5-6-10(8-16)11(17)18/h10H,5-9H2,1-4H3,(H,14,19)(H,17,18)/t10-/m0/s1. The van der Waals surface area contributed by atoms with Gasteiger partial charge in [0.25, 0.3) is 0 Å². The van der Waals surface area contributed by atoms with E-state index in [-0.39, 0.29) is 11.6 Å². The van der Waals surface area contributed by atoms with Gasteiger partial charge in [0.1, 0.15) is 0 Å². The SMILES string of the molecule is CN(C)C(C)(C)CNC(=O)N1CCC[C@H](C(=O)O)C1. The zero-order valence-corrected chi connectivity index (χ0v) is 12.3. The van der Waals surface area contributed by atoms with Crippen molar-refractivity contribution in [1.29, 1.82) is 0 Å². The van der Waals surface area contributed by atoms with Gasteiger partial charge in [0, 0.05) is 25.2 Å². The fourth-order valence-corrected chi connectivity index (χ4v) is 1.93. The first-order chi connectivity index (χ1) is 8.74. The van der Waals surface area contributed by atoms with E-state index in [4.69, 9.17) is 5.11 Å². The summed E-state index contributed by atoms with van der Waals surface area (Å²) in [7, 11) is 3.93. The van der Waals surface area contributed by atoms with E-state index in [9.17, 15) is 9.59 Å².